The molecule has 0 saturated carbocycles. The molecule has 1 rings (SSSR count). The molecule has 0 unspecified atom stereocenters. The van der Waals surface area contributed by atoms with E-state index >= 15 is 0 Å². The van der Waals surface area contributed by atoms with Crippen molar-refractivity contribution in [3.63, 3.8) is 0 Å². The van der Waals surface area contributed by atoms with Gasteiger partial charge in [-0.1, -0.05) is 37.3 Å². The van der Waals surface area contributed by atoms with Gasteiger partial charge in [0.2, 0.25) is 0 Å². The van der Waals surface area contributed by atoms with Crippen molar-refractivity contribution in [2.75, 3.05) is 13.1 Å². The molecule has 0 aliphatic rings. The Kier molecular flexibility index (Phi) is 6.33. The first-order valence-corrected chi connectivity index (χ1v) is 6.20. The maximum absolute atomic E-state index is 10.4. The van der Waals surface area contributed by atoms with Crippen molar-refractivity contribution >= 4 is 5.97 Å². The highest BCUT2D eigenvalue weighted by atomic mass is 16.4. The smallest absolute Gasteiger partial charge is 0.303 e. The van der Waals surface area contributed by atoms with Crippen LogP contribution in [0.2, 0.25) is 0 Å². The fourth-order valence-electron chi connectivity index (χ4n) is 1.80. The Hall–Kier alpha value is -1.35. The largest absolute Gasteiger partial charge is 0.481 e. The van der Waals surface area contributed by atoms with E-state index in [2.05, 4.69) is 24.0 Å². The molecule has 0 heterocycles. The zero-order valence-electron chi connectivity index (χ0n) is 10.4. The van der Waals surface area contributed by atoms with E-state index in [4.69, 9.17) is 5.11 Å². The van der Waals surface area contributed by atoms with Gasteiger partial charge in [-0.15, -0.1) is 0 Å². The predicted molar refractivity (Wildman–Crippen MR) is 68.9 cm³/mol. The second kappa shape index (κ2) is 7.85. The average molecular weight is 235 g/mol. The van der Waals surface area contributed by atoms with Gasteiger partial charge in [-0.05, 0) is 31.5 Å². The van der Waals surface area contributed by atoms with Crippen molar-refractivity contribution in [3.05, 3.63) is 35.9 Å². The number of benzene rings is 1. The van der Waals surface area contributed by atoms with E-state index in [1.807, 2.05) is 18.2 Å². The summed E-state index contributed by atoms with van der Waals surface area (Å²) in [5.74, 6) is -0.698. The molecule has 0 radical (unpaired) electrons. The van der Waals surface area contributed by atoms with Crippen LogP contribution < -0.4 is 0 Å². The van der Waals surface area contributed by atoms with Crippen LogP contribution in [0.15, 0.2) is 30.3 Å². The van der Waals surface area contributed by atoms with Gasteiger partial charge in [0.1, 0.15) is 0 Å². The summed E-state index contributed by atoms with van der Waals surface area (Å²) in [6.07, 6.45) is 2.00. The summed E-state index contributed by atoms with van der Waals surface area (Å²) in [6, 6.07) is 10.4. The second-order valence-electron chi connectivity index (χ2n) is 4.21. The Morgan fingerprint density at radius 2 is 1.94 bits per heavy atom. The zero-order valence-corrected chi connectivity index (χ0v) is 10.4. The highest BCUT2D eigenvalue weighted by Crippen LogP contribution is 2.06. The van der Waals surface area contributed by atoms with Gasteiger partial charge in [0.15, 0.2) is 0 Å². The van der Waals surface area contributed by atoms with Crippen molar-refractivity contribution in [1.29, 1.82) is 0 Å². The molecule has 0 saturated heterocycles. The van der Waals surface area contributed by atoms with Crippen LogP contribution in [-0.2, 0) is 11.3 Å². The Labute approximate surface area is 103 Å². The third kappa shape index (κ3) is 6.07. The molecule has 1 aromatic rings. The monoisotopic (exact) mass is 235 g/mol. The van der Waals surface area contributed by atoms with Gasteiger partial charge in [-0.2, -0.15) is 0 Å². The minimum absolute atomic E-state index is 0.281. The van der Waals surface area contributed by atoms with Crippen LogP contribution in [0.3, 0.4) is 0 Å². The Morgan fingerprint density at radius 3 is 2.53 bits per heavy atom. The van der Waals surface area contributed by atoms with E-state index in [9.17, 15) is 4.79 Å². The van der Waals surface area contributed by atoms with Crippen molar-refractivity contribution in [2.45, 2.75) is 32.7 Å². The molecule has 94 valence electrons. The topological polar surface area (TPSA) is 40.5 Å². The Bertz CT molecular complexity index is 324. The molecule has 0 aromatic heterocycles. The van der Waals surface area contributed by atoms with Crippen LogP contribution in [0.25, 0.3) is 0 Å². The first-order valence-electron chi connectivity index (χ1n) is 6.20. The van der Waals surface area contributed by atoms with Crippen LogP contribution in [0, 0.1) is 0 Å². The molecule has 1 aromatic carbocycles. The highest BCUT2D eigenvalue weighted by molar-refractivity contribution is 5.66. The Morgan fingerprint density at radius 1 is 1.24 bits per heavy atom. The van der Waals surface area contributed by atoms with Crippen LogP contribution >= 0.6 is 0 Å². The molecule has 1 N–H and O–H groups in total. The number of nitrogens with zero attached hydrogens (tertiary/aromatic N) is 1. The van der Waals surface area contributed by atoms with Crippen molar-refractivity contribution in [2.24, 2.45) is 0 Å². The third-order valence-corrected chi connectivity index (χ3v) is 2.81. The SMILES string of the molecule is CCN(CCCCC(=O)O)Cc1ccccc1. The Balaban J connectivity index is 2.27. The number of aliphatic carboxylic acids is 1. The lowest BCUT2D eigenvalue weighted by atomic mass is 10.2. The normalized spacial score (nSPS) is 10.7. The number of carboxylic acids is 1. The highest BCUT2D eigenvalue weighted by Gasteiger charge is 2.04. The fourth-order valence-corrected chi connectivity index (χ4v) is 1.80. The van der Waals surface area contributed by atoms with Gasteiger partial charge in [0, 0.05) is 13.0 Å². The molecule has 3 nitrogen and oxygen atoms in total. The van der Waals surface area contributed by atoms with Gasteiger partial charge in [0.25, 0.3) is 0 Å². The molecule has 0 fully saturated rings. The van der Waals surface area contributed by atoms with E-state index in [0.717, 1.165) is 32.5 Å². The lowest BCUT2D eigenvalue weighted by Gasteiger charge is -2.20. The minimum atomic E-state index is -0.698. The van der Waals surface area contributed by atoms with E-state index in [0.29, 0.717) is 0 Å². The predicted octanol–water partition coefficient (Wildman–Crippen LogP) is 2.76. The van der Waals surface area contributed by atoms with Crippen LogP contribution in [-0.4, -0.2) is 29.1 Å². The van der Waals surface area contributed by atoms with Crippen LogP contribution in [0.5, 0.6) is 0 Å². The van der Waals surface area contributed by atoms with Gasteiger partial charge in [0.05, 0.1) is 0 Å². The summed E-state index contributed by atoms with van der Waals surface area (Å²) in [5, 5.41) is 8.56. The minimum Gasteiger partial charge on any atom is -0.481 e. The standard InChI is InChI=1S/C14H21NO2/c1-2-15(11-7-6-10-14(16)17)12-13-8-4-3-5-9-13/h3-5,8-9H,2,6-7,10-12H2,1H3,(H,16,17). The van der Waals surface area contributed by atoms with E-state index in [1.54, 1.807) is 0 Å². The molecule has 0 amide bonds. The van der Waals surface area contributed by atoms with Crippen molar-refractivity contribution < 1.29 is 9.90 Å². The number of hydrogen-bond acceptors (Lipinski definition) is 2. The maximum atomic E-state index is 10.4. The summed E-state index contributed by atoms with van der Waals surface area (Å²) >= 11 is 0. The first-order chi connectivity index (χ1) is 8.22. The zero-order chi connectivity index (χ0) is 12.5. The molecule has 0 aliphatic carbocycles. The lowest BCUT2D eigenvalue weighted by molar-refractivity contribution is -0.137. The number of unbranched alkanes of at least 4 members (excludes halogenated alkanes) is 1. The second-order valence-corrected chi connectivity index (χ2v) is 4.21. The summed E-state index contributed by atoms with van der Waals surface area (Å²) in [5.41, 5.74) is 1.31. The molecule has 17 heavy (non-hydrogen) atoms. The summed E-state index contributed by atoms with van der Waals surface area (Å²) in [7, 11) is 0. The molecule has 0 atom stereocenters. The van der Waals surface area contributed by atoms with Gasteiger partial charge < -0.3 is 5.11 Å². The lowest BCUT2D eigenvalue weighted by Crippen LogP contribution is -2.24. The van der Waals surface area contributed by atoms with Gasteiger partial charge in [-0.25, -0.2) is 0 Å². The number of rotatable bonds is 8. The van der Waals surface area contributed by atoms with E-state index in [1.165, 1.54) is 5.56 Å². The summed E-state index contributed by atoms with van der Waals surface area (Å²) < 4.78 is 0. The number of hydrogen-bond donors (Lipinski definition) is 1. The maximum Gasteiger partial charge on any atom is 0.303 e. The van der Waals surface area contributed by atoms with Crippen LogP contribution in [0.4, 0.5) is 0 Å². The van der Waals surface area contributed by atoms with Crippen LogP contribution in [0.1, 0.15) is 31.7 Å². The average Bonchev–Trinajstić information content (AvgIpc) is 2.34. The molecule has 0 aliphatic heterocycles. The first kappa shape index (κ1) is 13.7. The quantitative estimate of drug-likeness (QED) is 0.704. The molecular weight excluding hydrogens is 214 g/mol. The summed E-state index contributed by atoms with van der Waals surface area (Å²) in [4.78, 5) is 12.7. The molecule has 0 spiro atoms. The fraction of sp³-hybridized carbons (Fsp3) is 0.500. The molecule has 3 heteroatoms. The summed E-state index contributed by atoms with van der Waals surface area (Å²) in [6.45, 7) is 5.06. The van der Waals surface area contributed by atoms with Gasteiger partial charge in [-0.3, -0.25) is 9.69 Å². The number of carboxylic acid groups (broad SMARTS) is 1. The molecular formula is C14H21NO2. The van der Waals surface area contributed by atoms with E-state index in [-0.39, 0.29) is 6.42 Å². The van der Waals surface area contributed by atoms with Gasteiger partial charge >= 0.3 is 5.97 Å². The van der Waals surface area contributed by atoms with Crippen molar-refractivity contribution in [3.8, 4) is 0 Å². The third-order valence-electron chi connectivity index (χ3n) is 2.81. The molecule has 0 bridgehead atoms. The van der Waals surface area contributed by atoms with E-state index < -0.39 is 5.97 Å². The van der Waals surface area contributed by atoms with Crippen molar-refractivity contribution in [1.82, 2.24) is 4.90 Å². The number of carbonyl (C=O) groups is 1.